The molecule has 4 aromatic rings. The van der Waals surface area contributed by atoms with E-state index in [1.807, 2.05) is 29.1 Å². The van der Waals surface area contributed by atoms with Crippen molar-refractivity contribution in [2.75, 3.05) is 0 Å². The number of phenolic OH excluding ortho intramolecular Hbond substituents is 1. The third-order valence-corrected chi connectivity index (χ3v) is 4.54. The predicted molar refractivity (Wildman–Crippen MR) is 101 cm³/mol. The highest BCUT2D eigenvalue weighted by Crippen LogP contribution is 2.31. The van der Waals surface area contributed by atoms with Crippen LogP contribution in [0.15, 0.2) is 60.9 Å². The molecule has 0 fully saturated rings. The Morgan fingerprint density at radius 3 is 2.71 bits per heavy atom. The summed E-state index contributed by atoms with van der Waals surface area (Å²) in [6.07, 6.45) is 3.58. The molecule has 1 N–H and O–H groups in total. The lowest BCUT2D eigenvalue weighted by Crippen LogP contribution is -2.00. The zero-order valence-corrected chi connectivity index (χ0v) is 14.8. The molecule has 2 aromatic carbocycles. The second-order valence-electron chi connectivity index (χ2n) is 5.46. The van der Waals surface area contributed by atoms with Gasteiger partial charge in [0.05, 0.1) is 12.7 Å². The lowest BCUT2D eigenvalue weighted by Gasteiger charge is -2.04. The minimum atomic E-state index is 0.167. The summed E-state index contributed by atoms with van der Waals surface area (Å²) in [4.78, 5) is 4.24. The van der Waals surface area contributed by atoms with Gasteiger partial charge >= 0.3 is 0 Å². The van der Waals surface area contributed by atoms with E-state index in [0.29, 0.717) is 12.1 Å². The van der Waals surface area contributed by atoms with Gasteiger partial charge in [0.15, 0.2) is 0 Å². The molecule has 0 amide bonds. The maximum atomic E-state index is 9.96. The number of benzene rings is 2. The topological polar surface area (TPSA) is 63.8 Å². The van der Waals surface area contributed by atoms with E-state index in [-0.39, 0.29) is 5.75 Å². The largest absolute Gasteiger partial charge is 0.506 e. The van der Waals surface area contributed by atoms with Gasteiger partial charge in [-0.05, 0) is 58.5 Å². The van der Waals surface area contributed by atoms with Crippen molar-refractivity contribution in [2.45, 2.75) is 6.54 Å². The molecule has 0 atom stereocenters. The van der Waals surface area contributed by atoms with Gasteiger partial charge in [-0.1, -0.05) is 23.4 Å². The zero-order chi connectivity index (χ0) is 16.5. The van der Waals surface area contributed by atoms with E-state index in [0.717, 1.165) is 16.6 Å². The maximum absolute atomic E-state index is 9.96. The van der Waals surface area contributed by atoms with Gasteiger partial charge in [-0.3, -0.25) is 4.98 Å². The smallest absolute Gasteiger partial charge is 0.141 e. The molecule has 0 aliphatic heterocycles. The zero-order valence-electron chi connectivity index (χ0n) is 12.6. The third-order valence-electron chi connectivity index (χ3n) is 3.82. The summed E-state index contributed by atoms with van der Waals surface area (Å²) in [7, 11) is 0. The Labute approximate surface area is 152 Å². The summed E-state index contributed by atoms with van der Waals surface area (Å²) < 4.78 is 3.02. The van der Waals surface area contributed by atoms with Crippen molar-refractivity contribution in [3.8, 4) is 17.0 Å². The molecule has 0 aliphatic rings. The molecule has 0 aliphatic carbocycles. The van der Waals surface area contributed by atoms with Crippen molar-refractivity contribution in [3.05, 3.63) is 70.1 Å². The number of aromatic hydroxyl groups is 1. The van der Waals surface area contributed by atoms with Crippen LogP contribution >= 0.6 is 22.6 Å². The number of hydrogen-bond acceptors (Lipinski definition) is 4. The van der Waals surface area contributed by atoms with E-state index in [1.165, 1.54) is 9.13 Å². The van der Waals surface area contributed by atoms with Crippen LogP contribution in [-0.2, 0) is 6.54 Å². The number of phenols is 1. The summed E-state index contributed by atoms with van der Waals surface area (Å²) in [5, 5.41) is 19.3. The molecule has 6 heteroatoms. The fourth-order valence-electron chi connectivity index (χ4n) is 2.66. The second-order valence-corrected chi connectivity index (χ2v) is 6.71. The maximum Gasteiger partial charge on any atom is 0.141 e. The van der Waals surface area contributed by atoms with Crippen LogP contribution in [0.1, 0.15) is 5.56 Å². The molecule has 0 saturated heterocycles. The number of rotatable bonds is 3. The Morgan fingerprint density at radius 2 is 1.88 bits per heavy atom. The van der Waals surface area contributed by atoms with Crippen LogP contribution in [0.3, 0.4) is 0 Å². The number of fused-ring (bicyclic) bond motifs is 1. The van der Waals surface area contributed by atoms with Crippen molar-refractivity contribution in [2.24, 2.45) is 0 Å². The standard InChI is InChI=1S/C18H13IN4O/c19-13-5-3-12(4-6-13)10-23-11-16(21-22-23)14-7-8-17(24)18-15(14)2-1-9-20-18/h1-9,11,24H,10H2. The first-order valence-electron chi connectivity index (χ1n) is 7.42. The van der Waals surface area contributed by atoms with E-state index >= 15 is 0 Å². The van der Waals surface area contributed by atoms with Crippen LogP contribution in [-0.4, -0.2) is 25.1 Å². The van der Waals surface area contributed by atoms with Crippen molar-refractivity contribution >= 4 is 33.5 Å². The molecule has 4 rings (SSSR count). The van der Waals surface area contributed by atoms with E-state index in [1.54, 1.807) is 12.3 Å². The monoisotopic (exact) mass is 428 g/mol. The molecule has 0 spiro atoms. The Morgan fingerprint density at radius 1 is 1.04 bits per heavy atom. The fourth-order valence-corrected chi connectivity index (χ4v) is 3.02. The highest BCUT2D eigenvalue weighted by atomic mass is 127. The molecule has 0 bridgehead atoms. The van der Waals surface area contributed by atoms with Crippen molar-refractivity contribution in [1.82, 2.24) is 20.0 Å². The summed E-state index contributed by atoms with van der Waals surface area (Å²) in [5.41, 5.74) is 3.41. The van der Waals surface area contributed by atoms with Crippen LogP contribution in [0, 0.1) is 3.57 Å². The normalized spacial score (nSPS) is 11.0. The lowest BCUT2D eigenvalue weighted by atomic mass is 10.1. The van der Waals surface area contributed by atoms with Crippen LogP contribution < -0.4 is 0 Å². The SMILES string of the molecule is Oc1ccc(-c2cn(Cc3ccc(I)cc3)nn2)c2cccnc12. The Balaban J connectivity index is 1.70. The number of halogens is 1. The molecule has 0 radical (unpaired) electrons. The molecule has 24 heavy (non-hydrogen) atoms. The molecular formula is C18H13IN4O. The van der Waals surface area contributed by atoms with Crippen LogP contribution in [0.25, 0.3) is 22.2 Å². The summed E-state index contributed by atoms with van der Waals surface area (Å²) in [6, 6.07) is 15.6. The summed E-state index contributed by atoms with van der Waals surface area (Å²) in [6.45, 7) is 0.665. The van der Waals surface area contributed by atoms with Crippen LogP contribution in [0.2, 0.25) is 0 Å². The molecular weight excluding hydrogens is 415 g/mol. The predicted octanol–water partition coefficient (Wildman–Crippen LogP) is 3.85. The van der Waals surface area contributed by atoms with Crippen molar-refractivity contribution in [3.63, 3.8) is 0 Å². The quantitative estimate of drug-likeness (QED) is 0.504. The summed E-state index contributed by atoms with van der Waals surface area (Å²) >= 11 is 2.29. The Bertz CT molecular complexity index is 1010. The first kappa shape index (κ1) is 15.1. The molecule has 5 nitrogen and oxygen atoms in total. The van der Waals surface area contributed by atoms with Crippen molar-refractivity contribution in [1.29, 1.82) is 0 Å². The average Bonchev–Trinajstić information content (AvgIpc) is 3.06. The molecule has 2 aromatic heterocycles. The fraction of sp³-hybridized carbons (Fsp3) is 0.0556. The second kappa shape index (κ2) is 6.20. The van der Waals surface area contributed by atoms with Gasteiger partial charge in [-0.15, -0.1) is 5.10 Å². The number of nitrogens with zero attached hydrogens (tertiary/aromatic N) is 4. The summed E-state index contributed by atoms with van der Waals surface area (Å²) in [5.74, 6) is 0.167. The van der Waals surface area contributed by atoms with Gasteiger partial charge < -0.3 is 5.11 Å². The first-order valence-corrected chi connectivity index (χ1v) is 8.50. The van der Waals surface area contributed by atoms with E-state index in [4.69, 9.17) is 0 Å². The van der Waals surface area contributed by atoms with E-state index in [9.17, 15) is 5.11 Å². The van der Waals surface area contributed by atoms with Gasteiger partial charge in [0.2, 0.25) is 0 Å². The number of hydrogen-bond donors (Lipinski definition) is 1. The van der Waals surface area contributed by atoms with Gasteiger partial charge in [0, 0.05) is 20.7 Å². The minimum absolute atomic E-state index is 0.167. The van der Waals surface area contributed by atoms with Gasteiger partial charge in [-0.25, -0.2) is 4.68 Å². The average molecular weight is 428 g/mol. The van der Waals surface area contributed by atoms with Crippen LogP contribution in [0.4, 0.5) is 0 Å². The third kappa shape index (κ3) is 2.84. The van der Waals surface area contributed by atoms with E-state index < -0.39 is 0 Å². The number of pyridine rings is 1. The molecule has 0 unspecified atom stereocenters. The molecule has 2 heterocycles. The van der Waals surface area contributed by atoms with Crippen molar-refractivity contribution < 1.29 is 5.11 Å². The molecule has 118 valence electrons. The van der Waals surface area contributed by atoms with Gasteiger partial charge in [-0.2, -0.15) is 0 Å². The first-order chi connectivity index (χ1) is 11.7. The number of aromatic nitrogens is 4. The minimum Gasteiger partial charge on any atom is -0.506 e. The molecule has 0 saturated carbocycles. The Hall–Kier alpha value is -2.48. The highest BCUT2D eigenvalue weighted by Gasteiger charge is 2.11. The van der Waals surface area contributed by atoms with E-state index in [2.05, 4.69) is 62.2 Å². The van der Waals surface area contributed by atoms with Gasteiger partial charge in [0.1, 0.15) is 17.0 Å². The lowest BCUT2D eigenvalue weighted by molar-refractivity contribution is 0.480. The highest BCUT2D eigenvalue weighted by molar-refractivity contribution is 14.1. The van der Waals surface area contributed by atoms with Gasteiger partial charge in [0.25, 0.3) is 0 Å². The Kier molecular flexibility index (Phi) is 3.89. The van der Waals surface area contributed by atoms with Crippen LogP contribution in [0.5, 0.6) is 5.75 Å².